The fourth-order valence-electron chi connectivity index (χ4n) is 2.02. The Labute approximate surface area is 112 Å². The van der Waals surface area contributed by atoms with Crippen LogP contribution in [0.15, 0.2) is 47.6 Å². The molecule has 18 heavy (non-hydrogen) atoms. The van der Waals surface area contributed by atoms with E-state index in [4.69, 9.17) is 4.74 Å². The highest BCUT2D eigenvalue weighted by Gasteiger charge is 2.29. The van der Waals surface area contributed by atoms with Crippen molar-refractivity contribution in [1.29, 1.82) is 0 Å². The van der Waals surface area contributed by atoms with Gasteiger partial charge in [0.1, 0.15) is 6.10 Å². The van der Waals surface area contributed by atoms with Gasteiger partial charge in [-0.1, -0.05) is 32.0 Å². The molecule has 2 nitrogen and oxygen atoms in total. The number of allylic oxidation sites excluding steroid dienone is 1. The van der Waals surface area contributed by atoms with Gasteiger partial charge in [0.15, 0.2) is 5.78 Å². The fourth-order valence-corrected chi connectivity index (χ4v) is 3.23. The van der Waals surface area contributed by atoms with E-state index in [9.17, 15) is 4.79 Å². The van der Waals surface area contributed by atoms with Gasteiger partial charge in [-0.2, -0.15) is 0 Å². The van der Waals surface area contributed by atoms with Crippen molar-refractivity contribution < 1.29 is 9.53 Å². The van der Waals surface area contributed by atoms with Crippen molar-refractivity contribution in [2.75, 3.05) is 0 Å². The molecule has 0 amide bonds. The van der Waals surface area contributed by atoms with E-state index in [2.05, 4.69) is 26.0 Å². The van der Waals surface area contributed by atoms with Crippen molar-refractivity contribution in [2.45, 2.75) is 36.5 Å². The van der Waals surface area contributed by atoms with Gasteiger partial charge in [-0.3, -0.25) is 4.79 Å². The molecule has 1 aromatic carbocycles. The smallest absolute Gasteiger partial charge is 0.162 e. The van der Waals surface area contributed by atoms with Crippen LogP contribution in [0.1, 0.15) is 20.3 Å². The molecule has 1 aliphatic rings. The molecule has 0 saturated heterocycles. The Hall–Kier alpha value is -1.22. The Bertz CT molecular complexity index is 425. The van der Waals surface area contributed by atoms with Crippen LogP contribution in [0.25, 0.3) is 0 Å². The minimum atomic E-state index is -0.0206. The van der Waals surface area contributed by atoms with Crippen LogP contribution in [-0.4, -0.2) is 17.1 Å². The lowest BCUT2D eigenvalue weighted by Crippen LogP contribution is -2.33. The van der Waals surface area contributed by atoms with E-state index >= 15 is 0 Å². The van der Waals surface area contributed by atoms with Gasteiger partial charge in [-0.05, 0) is 18.1 Å². The molecule has 2 rings (SSSR count). The third kappa shape index (κ3) is 3.39. The lowest BCUT2D eigenvalue weighted by molar-refractivity contribution is -0.118. The second-order valence-corrected chi connectivity index (χ2v) is 6.04. The van der Waals surface area contributed by atoms with Gasteiger partial charge in [0.2, 0.25) is 0 Å². The van der Waals surface area contributed by atoms with Crippen LogP contribution in [0.2, 0.25) is 0 Å². The summed E-state index contributed by atoms with van der Waals surface area (Å²) in [7, 11) is 0. The molecule has 1 heterocycles. The van der Waals surface area contributed by atoms with E-state index in [-0.39, 0.29) is 11.9 Å². The monoisotopic (exact) mass is 262 g/mol. The maximum Gasteiger partial charge on any atom is 0.162 e. The average Bonchev–Trinajstić information content (AvgIpc) is 2.37. The van der Waals surface area contributed by atoms with Gasteiger partial charge < -0.3 is 4.74 Å². The topological polar surface area (TPSA) is 26.3 Å². The molecule has 0 spiro atoms. The SMILES string of the molecule is CC(C)[C@H](Sc1ccccc1)[C@@H]1CC(=O)C=CO1. The highest BCUT2D eigenvalue weighted by Crippen LogP contribution is 2.33. The first-order valence-corrected chi connectivity index (χ1v) is 7.11. The standard InChI is InChI=1S/C15H18O2S/c1-11(2)15(14-10-12(16)8-9-17-14)18-13-6-4-3-5-7-13/h3-9,11,14-15H,10H2,1-2H3/t14-,15-/m0/s1. The van der Waals surface area contributed by atoms with Crippen LogP contribution in [0.4, 0.5) is 0 Å². The van der Waals surface area contributed by atoms with E-state index in [1.165, 1.54) is 17.2 Å². The molecule has 0 fully saturated rings. The molecule has 0 saturated carbocycles. The van der Waals surface area contributed by atoms with Crippen molar-refractivity contribution in [1.82, 2.24) is 0 Å². The third-order valence-electron chi connectivity index (χ3n) is 2.95. The molecule has 2 atom stereocenters. The summed E-state index contributed by atoms with van der Waals surface area (Å²) >= 11 is 1.79. The summed E-state index contributed by atoms with van der Waals surface area (Å²) in [6.07, 6.45) is 3.52. The summed E-state index contributed by atoms with van der Waals surface area (Å²) in [5.74, 6) is 0.616. The Balaban J connectivity index is 2.09. The molecular formula is C15H18O2S. The van der Waals surface area contributed by atoms with Gasteiger partial charge in [-0.15, -0.1) is 11.8 Å². The largest absolute Gasteiger partial charge is 0.496 e. The molecule has 0 aliphatic carbocycles. The number of thioether (sulfide) groups is 1. The molecule has 0 aromatic heterocycles. The zero-order valence-electron chi connectivity index (χ0n) is 10.7. The van der Waals surface area contributed by atoms with Crippen LogP contribution in [-0.2, 0) is 9.53 Å². The second-order valence-electron chi connectivity index (χ2n) is 4.79. The average molecular weight is 262 g/mol. The minimum Gasteiger partial charge on any atom is -0.496 e. The quantitative estimate of drug-likeness (QED) is 0.774. The Kier molecular flexibility index (Phi) is 4.48. The molecule has 0 unspecified atom stereocenters. The number of benzene rings is 1. The molecular weight excluding hydrogens is 244 g/mol. The highest BCUT2D eigenvalue weighted by molar-refractivity contribution is 8.00. The van der Waals surface area contributed by atoms with Gasteiger partial charge in [0, 0.05) is 22.6 Å². The normalized spacial score (nSPS) is 20.8. The summed E-state index contributed by atoms with van der Waals surface area (Å²) in [6, 6.07) is 10.3. The Morgan fingerprint density at radius 2 is 2.00 bits per heavy atom. The highest BCUT2D eigenvalue weighted by atomic mass is 32.2. The van der Waals surface area contributed by atoms with Crippen molar-refractivity contribution in [2.24, 2.45) is 5.92 Å². The number of carbonyl (C=O) groups excluding carboxylic acids is 1. The molecule has 0 N–H and O–H groups in total. The zero-order chi connectivity index (χ0) is 13.0. The minimum absolute atomic E-state index is 0.0206. The fraction of sp³-hybridized carbons (Fsp3) is 0.400. The summed E-state index contributed by atoms with van der Waals surface area (Å²) in [4.78, 5) is 12.7. The molecule has 0 radical (unpaired) electrons. The van der Waals surface area contributed by atoms with Crippen molar-refractivity contribution in [3.63, 3.8) is 0 Å². The van der Waals surface area contributed by atoms with Crippen LogP contribution in [0.3, 0.4) is 0 Å². The number of carbonyl (C=O) groups is 1. The summed E-state index contributed by atoms with van der Waals surface area (Å²) in [6.45, 7) is 4.35. The number of ether oxygens (including phenoxy) is 1. The van der Waals surface area contributed by atoms with Gasteiger partial charge in [0.25, 0.3) is 0 Å². The zero-order valence-corrected chi connectivity index (χ0v) is 11.5. The molecule has 1 aromatic rings. The van der Waals surface area contributed by atoms with Crippen LogP contribution in [0, 0.1) is 5.92 Å². The number of ketones is 1. The Morgan fingerprint density at radius 1 is 1.28 bits per heavy atom. The van der Waals surface area contributed by atoms with Gasteiger partial charge in [-0.25, -0.2) is 0 Å². The maximum atomic E-state index is 11.5. The molecule has 3 heteroatoms. The first-order chi connectivity index (χ1) is 8.66. The number of hydrogen-bond acceptors (Lipinski definition) is 3. The summed E-state index contributed by atoms with van der Waals surface area (Å²) in [5.41, 5.74) is 0. The molecule has 1 aliphatic heterocycles. The van der Waals surface area contributed by atoms with Gasteiger partial charge >= 0.3 is 0 Å². The van der Waals surface area contributed by atoms with E-state index in [0.29, 0.717) is 17.6 Å². The number of rotatable bonds is 4. The molecule has 0 bridgehead atoms. The lowest BCUT2D eigenvalue weighted by Gasteiger charge is -2.30. The first kappa shape index (κ1) is 13.2. The Morgan fingerprint density at radius 3 is 2.61 bits per heavy atom. The van der Waals surface area contributed by atoms with Crippen LogP contribution < -0.4 is 0 Å². The predicted octanol–water partition coefficient (Wildman–Crippen LogP) is 3.68. The van der Waals surface area contributed by atoms with Crippen LogP contribution >= 0.6 is 11.8 Å². The van der Waals surface area contributed by atoms with E-state index < -0.39 is 0 Å². The summed E-state index contributed by atoms with van der Waals surface area (Å²) < 4.78 is 5.62. The third-order valence-corrected chi connectivity index (χ3v) is 4.61. The number of hydrogen-bond donors (Lipinski definition) is 0. The predicted molar refractivity (Wildman–Crippen MR) is 74.6 cm³/mol. The summed E-state index contributed by atoms with van der Waals surface area (Å²) in [5, 5.41) is 0.293. The van der Waals surface area contributed by atoms with Crippen molar-refractivity contribution in [3.05, 3.63) is 42.7 Å². The lowest BCUT2D eigenvalue weighted by atomic mass is 10.00. The first-order valence-electron chi connectivity index (χ1n) is 6.23. The van der Waals surface area contributed by atoms with Gasteiger partial charge in [0.05, 0.1) is 6.26 Å². The van der Waals surface area contributed by atoms with E-state index in [1.54, 1.807) is 11.8 Å². The van der Waals surface area contributed by atoms with Crippen molar-refractivity contribution >= 4 is 17.5 Å². The maximum absolute atomic E-state index is 11.5. The molecule has 96 valence electrons. The second kappa shape index (κ2) is 6.10. The van der Waals surface area contributed by atoms with E-state index in [1.807, 2.05) is 18.2 Å². The van der Waals surface area contributed by atoms with Crippen molar-refractivity contribution in [3.8, 4) is 0 Å². The van der Waals surface area contributed by atoms with E-state index in [0.717, 1.165) is 0 Å². The van der Waals surface area contributed by atoms with Crippen LogP contribution in [0.5, 0.6) is 0 Å².